The Hall–Kier alpha value is -3.09. The van der Waals surface area contributed by atoms with Crippen molar-refractivity contribution in [3.05, 3.63) is 53.3 Å². The van der Waals surface area contributed by atoms with Crippen LogP contribution in [-0.2, 0) is 5.41 Å². The lowest BCUT2D eigenvalue weighted by Crippen LogP contribution is -2.29. The fourth-order valence-corrected chi connectivity index (χ4v) is 3.80. The van der Waals surface area contributed by atoms with Crippen LogP contribution in [-0.4, -0.2) is 33.6 Å². The minimum atomic E-state index is -0.504. The van der Waals surface area contributed by atoms with Crippen LogP contribution in [0.5, 0.6) is 17.2 Å². The number of hydrogen-bond donors (Lipinski definition) is 0. The van der Waals surface area contributed by atoms with Crippen molar-refractivity contribution in [2.24, 2.45) is 0 Å². The van der Waals surface area contributed by atoms with E-state index >= 15 is 0 Å². The smallest absolute Gasteiger partial charge is 0.231 e. The van der Waals surface area contributed by atoms with E-state index in [9.17, 15) is 0 Å². The zero-order chi connectivity index (χ0) is 15.0. The Balaban J connectivity index is 1.71. The molecule has 0 N–H and O–H groups in total. The van der Waals surface area contributed by atoms with Crippen molar-refractivity contribution < 1.29 is 14.2 Å². The molecule has 0 saturated heterocycles. The molecule has 4 heterocycles. The zero-order valence-corrected chi connectivity index (χ0v) is 11.9. The number of hydrogen-bond acceptors (Lipinski definition) is 6. The van der Waals surface area contributed by atoms with Crippen LogP contribution in [0.15, 0.2) is 36.4 Å². The standard InChI is InChI=1S/C16H10N4O3/c1-2-4-11-9(3-1)16(15-17-18-19-20(11)15)7-21-12-6-14-13(5-10(12)16)22-8-23-14/h1-6H,7-8H2. The molecule has 3 aliphatic rings. The molecule has 0 aliphatic carbocycles. The second-order valence-electron chi connectivity index (χ2n) is 5.83. The molecule has 1 spiro atoms. The third-order valence-electron chi connectivity index (χ3n) is 4.82. The normalized spacial score (nSPS) is 21.9. The maximum atomic E-state index is 6.00. The van der Waals surface area contributed by atoms with Gasteiger partial charge in [0.05, 0.1) is 5.69 Å². The van der Waals surface area contributed by atoms with Crippen molar-refractivity contribution in [2.75, 3.05) is 13.4 Å². The summed E-state index contributed by atoms with van der Waals surface area (Å²) < 4.78 is 18.8. The summed E-state index contributed by atoms with van der Waals surface area (Å²) in [4.78, 5) is 0. The molecule has 1 unspecified atom stereocenters. The maximum absolute atomic E-state index is 6.00. The Bertz CT molecular complexity index is 983. The number of ether oxygens (including phenoxy) is 3. The second kappa shape index (κ2) is 3.62. The summed E-state index contributed by atoms with van der Waals surface area (Å²) in [7, 11) is 0. The van der Waals surface area contributed by atoms with Crippen molar-refractivity contribution >= 4 is 0 Å². The van der Waals surface area contributed by atoms with Crippen molar-refractivity contribution in [1.29, 1.82) is 0 Å². The summed E-state index contributed by atoms with van der Waals surface area (Å²) in [6.45, 7) is 0.697. The van der Waals surface area contributed by atoms with Crippen LogP contribution in [0.25, 0.3) is 5.69 Å². The number of nitrogens with zero attached hydrogens (tertiary/aromatic N) is 4. The minimum Gasteiger partial charge on any atom is -0.491 e. The van der Waals surface area contributed by atoms with E-state index in [0.717, 1.165) is 34.1 Å². The highest BCUT2D eigenvalue weighted by atomic mass is 16.7. The van der Waals surface area contributed by atoms with Crippen LogP contribution in [0.3, 0.4) is 0 Å². The van der Waals surface area contributed by atoms with E-state index in [1.165, 1.54) is 0 Å². The molecule has 1 aromatic heterocycles. The summed E-state index contributed by atoms with van der Waals surface area (Å²) in [6, 6.07) is 12.0. The molecule has 0 radical (unpaired) electrons. The van der Waals surface area contributed by atoms with E-state index in [1.807, 2.05) is 30.3 Å². The van der Waals surface area contributed by atoms with E-state index in [-0.39, 0.29) is 6.79 Å². The molecule has 7 heteroatoms. The van der Waals surface area contributed by atoms with Gasteiger partial charge in [0, 0.05) is 11.6 Å². The van der Waals surface area contributed by atoms with Crippen LogP contribution in [0.1, 0.15) is 17.0 Å². The molecular weight excluding hydrogens is 296 g/mol. The van der Waals surface area contributed by atoms with Gasteiger partial charge in [-0.05, 0) is 28.1 Å². The molecule has 6 rings (SSSR count). The molecule has 23 heavy (non-hydrogen) atoms. The summed E-state index contributed by atoms with van der Waals surface area (Å²) in [5.41, 5.74) is 2.62. The maximum Gasteiger partial charge on any atom is 0.231 e. The van der Waals surface area contributed by atoms with Gasteiger partial charge in [-0.15, -0.1) is 5.10 Å². The number of tetrazole rings is 1. The number of rotatable bonds is 0. The number of para-hydroxylation sites is 1. The Morgan fingerprint density at radius 1 is 0.957 bits per heavy atom. The van der Waals surface area contributed by atoms with Crippen LogP contribution < -0.4 is 14.2 Å². The van der Waals surface area contributed by atoms with E-state index in [0.29, 0.717) is 12.4 Å². The molecule has 1 atom stereocenters. The van der Waals surface area contributed by atoms with Gasteiger partial charge in [-0.2, -0.15) is 4.68 Å². The molecule has 3 aromatic rings. The van der Waals surface area contributed by atoms with E-state index in [1.54, 1.807) is 4.68 Å². The van der Waals surface area contributed by atoms with Gasteiger partial charge in [-0.25, -0.2) is 0 Å². The largest absolute Gasteiger partial charge is 0.491 e. The van der Waals surface area contributed by atoms with Crippen molar-refractivity contribution in [3.63, 3.8) is 0 Å². The van der Waals surface area contributed by atoms with Gasteiger partial charge in [0.15, 0.2) is 17.3 Å². The first-order valence-electron chi connectivity index (χ1n) is 7.33. The highest BCUT2D eigenvalue weighted by Crippen LogP contribution is 2.55. The Morgan fingerprint density at radius 2 is 1.83 bits per heavy atom. The fraction of sp³-hybridized carbons (Fsp3) is 0.188. The van der Waals surface area contributed by atoms with Crippen molar-refractivity contribution in [2.45, 2.75) is 5.41 Å². The second-order valence-corrected chi connectivity index (χ2v) is 5.83. The van der Waals surface area contributed by atoms with Gasteiger partial charge in [-0.3, -0.25) is 0 Å². The number of fused-ring (bicyclic) bond motifs is 8. The first kappa shape index (κ1) is 11.5. The van der Waals surface area contributed by atoms with Gasteiger partial charge >= 0.3 is 0 Å². The summed E-state index contributed by atoms with van der Waals surface area (Å²) in [6.07, 6.45) is 0. The van der Waals surface area contributed by atoms with Gasteiger partial charge in [0.2, 0.25) is 6.79 Å². The highest BCUT2D eigenvalue weighted by Gasteiger charge is 2.54. The quantitative estimate of drug-likeness (QED) is 0.626. The first-order chi connectivity index (χ1) is 11.4. The SMILES string of the molecule is c1ccc2c(c1)-n1nnnc1C21COc2cc3c(cc21)OCO3. The Morgan fingerprint density at radius 3 is 2.78 bits per heavy atom. The summed E-state index contributed by atoms with van der Waals surface area (Å²) in [5.74, 6) is 3.01. The molecular formula is C16H10N4O3. The van der Waals surface area contributed by atoms with Gasteiger partial charge in [0.1, 0.15) is 17.8 Å². The third kappa shape index (κ3) is 1.17. The summed E-state index contributed by atoms with van der Waals surface area (Å²) >= 11 is 0. The van der Waals surface area contributed by atoms with Crippen LogP contribution in [0.4, 0.5) is 0 Å². The minimum absolute atomic E-state index is 0.236. The Kier molecular flexibility index (Phi) is 1.81. The molecule has 112 valence electrons. The van der Waals surface area contributed by atoms with Crippen LogP contribution >= 0.6 is 0 Å². The van der Waals surface area contributed by atoms with Gasteiger partial charge < -0.3 is 14.2 Å². The van der Waals surface area contributed by atoms with E-state index < -0.39 is 5.41 Å². The molecule has 0 saturated carbocycles. The predicted molar refractivity (Wildman–Crippen MR) is 77.1 cm³/mol. The first-order valence-corrected chi connectivity index (χ1v) is 7.33. The lowest BCUT2D eigenvalue weighted by atomic mass is 9.76. The molecule has 0 amide bonds. The van der Waals surface area contributed by atoms with Crippen molar-refractivity contribution in [1.82, 2.24) is 20.2 Å². The monoisotopic (exact) mass is 306 g/mol. The number of benzene rings is 2. The number of aromatic nitrogens is 4. The molecule has 7 nitrogen and oxygen atoms in total. The third-order valence-corrected chi connectivity index (χ3v) is 4.82. The van der Waals surface area contributed by atoms with Crippen LogP contribution in [0.2, 0.25) is 0 Å². The van der Waals surface area contributed by atoms with Crippen molar-refractivity contribution in [3.8, 4) is 22.9 Å². The molecule has 3 aliphatic heterocycles. The highest BCUT2D eigenvalue weighted by molar-refractivity contribution is 5.68. The average Bonchev–Trinajstić information content (AvgIpc) is 3.33. The zero-order valence-electron chi connectivity index (χ0n) is 11.9. The molecule has 0 fully saturated rings. The van der Waals surface area contributed by atoms with Crippen LogP contribution in [0, 0.1) is 0 Å². The van der Waals surface area contributed by atoms with E-state index in [2.05, 4.69) is 21.6 Å². The van der Waals surface area contributed by atoms with E-state index in [4.69, 9.17) is 14.2 Å². The average molecular weight is 306 g/mol. The summed E-state index contributed by atoms with van der Waals surface area (Å²) in [5, 5.41) is 12.3. The predicted octanol–water partition coefficient (Wildman–Crippen LogP) is 1.43. The Labute approximate surface area is 130 Å². The van der Waals surface area contributed by atoms with Gasteiger partial charge in [-0.1, -0.05) is 18.2 Å². The molecule has 2 aromatic carbocycles. The molecule has 0 bridgehead atoms. The lowest BCUT2D eigenvalue weighted by molar-refractivity contribution is 0.173. The fourth-order valence-electron chi connectivity index (χ4n) is 3.80. The van der Waals surface area contributed by atoms with Gasteiger partial charge in [0.25, 0.3) is 0 Å². The topological polar surface area (TPSA) is 71.3 Å². The lowest BCUT2D eigenvalue weighted by Gasteiger charge is -2.21.